The van der Waals surface area contributed by atoms with E-state index in [1.807, 2.05) is 0 Å². The van der Waals surface area contributed by atoms with Crippen molar-refractivity contribution in [1.29, 1.82) is 0 Å². The predicted molar refractivity (Wildman–Crippen MR) is 60.3 cm³/mol. The summed E-state index contributed by atoms with van der Waals surface area (Å²) in [5.41, 5.74) is -0.321. The zero-order valence-electron chi connectivity index (χ0n) is 9.35. The molecule has 6 nitrogen and oxygen atoms in total. The molecule has 0 aromatic heterocycles. The number of hydrogen-bond acceptors (Lipinski definition) is 6. The molecule has 3 aliphatic rings. The minimum absolute atomic E-state index is 0.202. The van der Waals surface area contributed by atoms with Gasteiger partial charge in [-0.15, -0.1) is 4.91 Å². The van der Waals surface area contributed by atoms with Crippen molar-refractivity contribution in [3.8, 4) is 0 Å². The standard InChI is InChI=1S/C11H15N3O3/c15-10-7-8(11(16)9(10)14-17)13-6-4-2-1-3-5(6)12-7/h5-8,12-13,15H,1-4H2. The molecule has 0 aromatic rings. The van der Waals surface area contributed by atoms with Gasteiger partial charge in [-0.05, 0) is 18.0 Å². The summed E-state index contributed by atoms with van der Waals surface area (Å²) in [7, 11) is 0. The molecule has 0 aromatic carbocycles. The van der Waals surface area contributed by atoms with Gasteiger partial charge in [0.25, 0.3) is 0 Å². The molecule has 1 saturated carbocycles. The van der Waals surface area contributed by atoms with Gasteiger partial charge in [-0.2, -0.15) is 0 Å². The third kappa shape index (κ3) is 1.51. The minimum Gasteiger partial charge on any atom is -0.508 e. The third-order valence-corrected chi connectivity index (χ3v) is 4.03. The number of nitrogens with zero attached hydrogens (tertiary/aromatic N) is 1. The molecule has 6 heteroatoms. The summed E-state index contributed by atoms with van der Waals surface area (Å²) in [4.78, 5) is 22.4. The Morgan fingerprint density at radius 2 is 1.71 bits per heavy atom. The van der Waals surface area contributed by atoms with E-state index < -0.39 is 12.1 Å². The second kappa shape index (κ2) is 3.89. The lowest BCUT2D eigenvalue weighted by molar-refractivity contribution is -0.118. The van der Waals surface area contributed by atoms with Crippen LogP contribution >= 0.6 is 0 Å². The summed E-state index contributed by atoms with van der Waals surface area (Å²) in [5.74, 6) is -0.592. The number of carbonyl (C=O) groups is 1. The van der Waals surface area contributed by atoms with Crippen LogP contribution in [0.2, 0.25) is 0 Å². The topological polar surface area (TPSA) is 90.8 Å². The summed E-state index contributed by atoms with van der Waals surface area (Å²) < 4.78 is 0. The molecule has 0 bridgehead atoms. The van der Waals surface area contributed by atoms with Gasteiger partial charge >= 0.3 is 0 Å². The first kappa shape index (κ1) is 10.9. The molecule has 17 heavy (non-hydrogen) atoms. The van der Waals surface area contributed by atoms with Crippen molar-refractivity contribution in [2.45, 2.75) is 49.9 Å². The van der Waals surface area contributed by atoms with Gasteiger partial charge in [-0.1, -0.05) is 12.8 Å². The van der Waals surface area contributed by atoms with Gasteiger partial charge in [-0.3, -0.25) is 4.79 Å². The summed E-state index contributed by atoms with van der Waals surface area (Å²) in [5, 5.41) is 19.0. The molecule has 92 valence electrons. The highest BCUT2D eigenvalue weighted by Gasteiger charge is 2.49. The van der Waals surface area contributed by atoms with Crippen molar-refractivity contribution in [1.82, 2.24) is 10.6 Å². The highest BCUT2D eigenvalue weighted by molar-refractivity contribution is 6.03. The summed E-state index contributed by atoms with van der Waals surface area (Å²) in [6, 6.07) is -0.477. The van der Waals surface area contributed by atoms with E-state index in [0.717, 1.165) is 25.7 Å². The van der Waals surface area contributed by atoms with Gasteiger partial charge in [0.05, 0.1) is 12.1 Å². The first-order chi connectivity index (χ1) is 8.22. The van der Waals surface area contributed by atoms with Crippen molar-refractivity contribution in [3.63, 3.8) is 0 Å². The summed E-state index contributed by atoms with van der Waals surface area (Å²) in [6.45, 7) is 0. The van der Waals surface area contributed by atoms with Crippen molar-refractivity contribution in [3.05, 3.63) is 16.4 Å². The number of carbonyl (C=O) groups excluding carboxylic acids is 1. The smallest absolute Gasteiger partial charge is 0.207 e. The lowest BCUT2D eigenvalue weighted by atomic mass is 9.86. The molecular formula is C11H15N3O3. The molecule has 0 amide bonds. The van der Waals surface area contributed by atoms with E-state index in [1.54, 1.807) is 0 Å². The number of ketones is 1. The van der Waals surface area contributed by atoms with E-state index >= 15 is 0 Å². The summed E-state index contributed by atoms with van der Waals surface area (Å²) >= 11 is 0. The highest BCUT2D eigenvalue weighted by Crippen LogP contribution is 2.31. The Labute approximate surface area is 98.4 Å². The predicted octanol–water partition coefficient (Wildman–Crippen LogP) is 0.346. The fraction of sp³-hybridized carbons (Fsp3) is 0.727. The molecule has 1 heterocycles. The molecule has 4 unspecified atom stereocenters. The Morgan fingerprint density at radius 3 is 2.29 bits per heavy atom. The molecule has 3 rings (SSSR count). The molecule has 1 aliphatic heterocycles. The van der Waals surface area contributed by atoms with Gasteiger partial charge < -0.3 is 15.7 Å². The van der Waals surface area contributed by atoms with Crippen LogP contribution < -0.4 is 10.6 Å². The van der Waals surface area contributed by atoms with Gasteiger partial charge in [0.2, 0.25) is 5.78 Å². The fourth-order valence-electron chi connectivity index (χ4n) is 3.16. The van der Waals surface area contributed by atoms with Crippen molar-refractivity contribution in [2.24, 2.45) is 5.18 Å². The van der Waals surface area contributed by atoms with E-state index in [0.29, 0.717) is 0 Å². The second-order valence-electron chi connectivity index (χ2n) is 4.98. The van der Waals surface area contributed by atoms with Gasteiger partial charge in [-0.25, -0.2) is 0 Å². The van der Waals surface area contributed by atoms with Crippen LogP contribution in [0, 0.1) is 4.91 Å². The lowest BCUT2D eigenvalue weighted by Gasteiger charge is -2.42. The number of aliphatic hydroxyl groups excluding tert-OH is 1. The average Bonchev–Trinajstić information content (AvgIpc) is 2.59. The van der Waals surface area contributed by atoms with E-state index in [9.17, 15) is 14.8 Å². The van der Waals surface area contributed by atoms with Crippen LogP contribution in [-0.2, 0) is 4.79 Å². The van der Waals surface area contributed by atoms with E-state index in [2.05, 4.69) is 15.8 Å². The van der Waals surface area contributed by atoms with Crippen molar-refractivity contribution >= 4 is 5.78 Å². The number of aliphatic hydroxyl groups is 1. The number of piperazine rings is 1. The molecule has 1 saturated heterocycles. The minimum atomic E-state index is -0.526. The molecule has 4 atom stereocenters. The maximum absolute atomic E-state index is 11.8. The van der Waals surface area contributed by atoms with E-state index in [-0.39, 0.29) is 29.3 Å². The Kier molecular flexibility index (Phi) is 2.48. The molecule has 2 aliphatic carbocycles. The van der Waals surface area contributed by atoms with Crippen molar-refractivity contribution in [2.75, 3.05) is 0 Å². The van der Waals surface area contributed by atoms with Crippen LogP contribution in [0.25, 0.3) is 0 Å². The Hall–Kier alpha value is -1.27. The molecule has 0 spiro atoms. The Morgan fingerprint density at radius 1 is 1.12 bits per heavy atom. The van der Waals surface area contributed by atoms with Crippen LogP contribution in [0.4, 0.5) is 0 Å². The van der Waals surface area contributed by atoms with Crippen LogP contribution in [0.5, 0.6) is 0 Å². The fourth-order valence-corrected chi connectivity index (χ4v) is 3.16. The molecule has 2 fully saturated rings. The highest BCUT2D eigenvalue weighted by atomic mass is 16.3. The summed E-state index contributed by atoms with van der Waals surface area (Å²) in [6.07, 6.45) is 4.37. The monoisotopic (exact) mass is 237 g/mol. The number of nitroso groups, excluding NO2 is 1. The Bertz CT molecular complexity index is 407. The second-order valence-corrected chi connectivity index (χ2v) is 4.98. The van der Waals surface area contributed by atoms with Crippen LogP contribution in [-0.4, -0.2) is 35.1 Å². The van der Waals surface area contributed by atoms with Crippen molar-refractivity contribution < 1.29 is 9.90 Å². The number of rotatable bonds is 1. The quantitative estimate of drug-likeness (QED) is 0.572. The van der Waals surface area contributed by atoms with Crippen LogP contribution in [0.3, 0.4) is 0 Å². The molecule has 0 radical (unpaired) electrons. The first-order valence-electron chi connectivity index (χ1n) is 6.05. The number of Topliss-reactive ketones (excluding diaryl/α,β-unsaturated/α-hetero) is 1. The maximum atomic E-state index is 11.8. The largest absolute Gasteiger partial charge is 0.508 e. The first-order valence-corrected chi connectivity index (χ1v) is 6.05. The van der Waals surface area contributed by atoms with Crippen LogP contribution in [0.15, 0.2) is 16.6 Å². The zero-order chi connectivity index (χ0) is 12.0. The Balaban J connectivity index is 1.87. The maximum Gasteiger partial charge on any atom is 0.207 e. The van der Waals surface area contributed by atoms with E-state index in [1.165, 1.54) is 0 Å². The van der Waals surface area contributed by atoms with Gasteiger partial charge in [0.1, 0.15) is 5.76 Å². The third-order valence-electron chi connectivity index (χ3n) is 4.03. The van der Waals surface area contributed by atoms with Gasteiger partial charge in [0, 0.05) is 12.1 Å². The van der Waals surface area contributed by atoms with E-state index in [4.69, 9.17) is 0 Å². The van der Waals surface area contributed by atoms with Gasteiger partial charge in [0.15, 0.2) is 5.70 Å². The number of hydrogen-bond donors (Lipinski definition) is 3. The number of nitrogens with one attached hydrogen (secondary N) is 2. The lowest BCUT2D eigenvalue weighted by Crippen LogP contribution is -2.67. The normalized spacial score (nSPS) is 41.1. The average molecular weight is 237 g/mol. The molecule has 3 N–H and O–H groups in total. The van der Waals surface area contributed by atoms with Crippen LogP contribution in [0.1, 0.15) is 25.7 Å². The zero-order valence-corrected chi connectivity index (χ0v) is 9.35. The molecular weight excluding hydrogens is 222 g/mol. The number of fused-ring (bicyclic) bond motifs is 2. The SMILES string of the molecule is O=NC1=C(O)C2NC3CCCCC3NC2C1=O.